The Labute approximate surface area is 178 Å². The highest BCUT2D eigenvalue weighted by molar-refractivity contribution is 9.10. The number of carbonyl (C=O) groups is 2. The molecular formula is C20H22BrN3O3S. The number of amides is 2. The number of benzene rings is 2. The van der Waals surface area contributed by atoms with Crippen molar-refractivity contribution in [2.45, 2.75) is 20.8 Å². The van der Waals surface area contributed by atoms with Gasteiger partial charge >= 0.3 is 0 Å². The van der Waals surface area contributed by atoms with Gasteiger partial charge in [-0.25, -0.2) is 0 Å². The van der Waals surface area contributed by atoms with Gasteiger partial charge in [-0.3, -0.25) is 25.8 Å². The molecule has 0 radical (unpaired) electrons. The molecule has 0 bridgehead atoms. The summed E-state index contributed by atoms with van der Waals surface area (Å²) in [6, 6.07) is 12.0. The summed E-state index contributed by atoms with van der Waals surface area (Å²) < 4.78 is 6.42. The summed E-state index contributed by atoms with van der Waals surface area (Å²) in [5.74, 6) is 0.356. The Hall–Kier alpha value is -2.45. The van der Waals surface area contributed by atoms with Crippen LogP contribution in [0.25, 0.3) is 0 Å². The Bertz CT molecular complexity index is 869. The number of hydrogen-bond acceptors (Lipinski definition) is 4. The first-order chi connectivity index (χ1) is 13.3. The molecule has 0 spiro atoms. The highest BCUT2D eigenvalue weighted by Crippen LogP contribution is 2.17. The van der Waals surface area contributed by atoms with Crippen molar-refractivity contribution < 1.29 is 14.3 Å². The summed E-state index contributed by atoms with van der Waals surface area (Å²) in [6.45, 7) is 6.66. The summed E-state index contributed by atoms with van der Waals surface area (Å²) in [5, 5.41) is 2.50. The van der Waals surface area contributed by atoms with Crippen LogP contribution < -0.4 is 20.9 Å². The van der Waals surface area contributed by atoms with Crippen LogP contribution >= 0.6 is 28.1 Å². The molecule has 0 saturated heterocycles. The molecule has 0 aliphatic heterocycles. The predicted octanol–water partition coefficient (Wildman–Crippen LogP) is 3.74. The molecule has 0 saturated carbocycles. The normalized spacial score (nSPS) is 10.3. The first-order valence-electron chi connectivity index (χ1n) is 8.67. The highest BCUT2D eigenvalue weighted by Gasteiger charge is 2.11. The number of hydrazine groups is 1. The van der Waals surface area contributed by atoms with Gasteiger partial charge in [0.1, 0.15) is 5.75 Å². The lowest BCUT2D eigenvalue weighted by molar-refractivity contribution is 0.0934. The van der Waals surface area contributed by atoms with Crippen molar-refractivity contribution in [3.05, 3.63) is 63.6 Å². The molecule has 0 atom stereocenters. The lowest BCUT2D eigenvalue weighted by atomic mass is 10.1. The van der Waals surface area contributed by atoms with Gasteiger partial charge in [0.2, 0.25) is 0 Å². The molecule has 0 fully saturated rings. The van der Waals surface area contributed by atoms with Crippen LogP contribution in [-0.2, 0) is 0 Å². The van der Waals surface area contributed by atoms with E-state index >= 15 is 0 Å². The van der Waals surface area contributed by atoms with E-state index in [1.54, 1.807) is 36.4 Å². The topological polar surface area (TPSA) is 79.5 Å². The van der Waals surface area contributed by atoms with Crippen LogP contribution in [0.2, 0.25) is 0 Å². The second-order valence-electron chi connectivity index (χ2n) is 6.56. The first-order valence-corrected chi connectivity index (χ1v) is 9.87. The van der Waals surface area contributed by atoms with Crippen molar-refractivity contribution in [3.63, 3.8) is 0 Å². The van der Waals surface area contributed by atoms with Crippen molar-refractivity contribution in [2.75, 3.05) is 6.61 Å². The van der Waals surface area contributed by atoms with Crippen molar-refractivity contribution in [2.24, 2.45) is 5.92 Å². The largest absolute Gasteiger partial charge is 0.493 e. The molecule has 2 amide bonds. The number of nitrogens with one attached hydrogen (secondary N) is 3. The minimum Gasteiger partial charge on any atom is -0.493 e. The Morgan fingerprint density at radius 2 is 1.68 bits per heavy atom. The van der Waals surface area contributed by atoms with Crippen LogP contribution in [0.3, 0.4) is 0 Å². The number of halogens is 1. The fourth-order valence-electron chi connectivity index (χ4n) is 2.09. The fourth-order valence-corrected chi connectivity index (χ4v) is 2.61. The van der Waals surface area contributed by atoms with Crippen LogP contribution in [0, 0.1) is 12.8 Å². The Kier molecular flexibility index (Phi) is 7.95. The van der Waals surface area contributed by atoms with Gasteiger partial charge in [-0.15, -0.1) is 0 Å². The van der Waals surface area contributed by atoms with Crippen molar-refractivity contribution in [1.29, 1.82) is 0 Å². The molecule has 0 heterocycles. The highest BCUT2D eigenvalue weighted by atomic mass is 79.9. The first kappa shape index (κ1) is 21.8. The van der Waals surface area contributed by atoms with Gasteiger partial charge in [0, 0.05) is 15.6 Å². The molecule has 148 valence electrons. The minimum atomic E-state index is -0.389. The Morgan fingerprint density at radius 1 is 1.04 bits per heavy atom. The van der Waals surface area contributed by atoms with Crippen LogP contribution in [-0.4, -0.2) is 23.5 Å². The standard InChI is InChI=1S/C20H22BrN3O3S/c1-12(2)11-27-16-8-6-14(7-9-16)18(25)22-20(28)24-23-19(26)15-5-4-13(3)17(21)10-15/h4-10,12H,11H2,1-3H3,(H,23,26)(H2,22,24,25,28). The summed E-state index contributed by atoms with van der Waals surface area (Å²) in [7, 11) is 0. The van der Waals surface area contributed by atoms with Gasteiger partial charge in [-0.05, 0) is 67.0 Å². The molecular weight excluding hydrogens is 442 g/mol. The molecule has 0 aliphatic carbocycles. The molecule has 0 unspecified atom stereocenters. The molecule has 28 heavy (non-hydrogen) atoms. The zero-order valence-corrected chi connectivity index (χ0v) is 18.2. The fraction of sp³-hybridized carbons (Fsp3) is 0.250. The molecule has 2 aromatic carbocycles. The zero-order valence-electron chi connectivity index (χ0n) is 15.8. The zero-order chi connectivity index (χ0) is 20.7. The lowest BCUT2D eigenvalue weighted by Gasteiger charge is -2.12. The van der Waals surface area contributed by atoms with E-state index in [4.69, 9.17) is 17.0 Å². The van der Waals surface area contributed by atoms with E-state index in [0.717, 1.165) is 10.0 Å². The van der Waals surface area contributed by atoms with Gasteiger partial charge in [0.05, 0.1) is 6.61 Å². The predicted molar refractivity (Wildman–Crippen MR) is 116 cm³/mol. The maximum Gasteiger partial charge on any atom is 0.269 e. The van der Waals surface area contributed by atoms with Crippen LogP contribution in [0.4, 0.5) is 0 Å². The average molecular weight is 464 g/mol. The quantitative estimate of drug-likeness (QED) is 0.464. The molecule has 0 aliphatic rings. The lowest BCUT2D eigenvalue weighted by Crippen LogP contribution is -2.48. The number of thiocarbonyl (C=S) groups is 1. The third kappa shape index (κ3) is 6.61. The van der Waals surface area contributed by atoms with Crippen molar-refractivity contribution in [3.8, 4) is 5.75 Å². The van der Waals surface area contributed by atoms with Crippen molar-refractivity contribution in [1.82, 2.24) is 16.2 Å². The maximum absolute atomic E-state index is 12.2. The van der Waals surface area contributed by atoms with Gasteiger partial charge in [-0.2, -0.15) is 0 Å². The van der Waals surface area contributed by atoms with Crippen molar-refractivity contribution >= 4 is 45.1 Å². The molecule has 0 aromatic heterocycles. The third-order valence-electron chi connectivity index (χ3n) is 3.65. The average Bonchev–Trinajstić information content (AvgIpc) is 2.67. The summed E-state index contributed by atoms with van der Waals surface area (Å²) in [4.78, 5) is 24.4. The SMILES string of the molecule is Cc1ccc(C(=O)NNC(=S)NC(=O)c2ccc(OCC(C)C)cc2)cc1Br. The molecule has 2 aromatic rings. The van der Waals surface area contributed by atoms with Crippen LogP contribution in [0.15, 0.2) is 46.9 Å². The Balaban J connectivity index is 1.84. The van der Waals surface area contributed by atoms with Crippen LogP contribution in [0.1, 0.15) is 40.1 Å². The van der Waals surface area contributed by atoms with E-state index in [9.17, 15) is 9.59 Å². The van der Waals surface area contributed by atoms with E-state index in [1.165, 1.54) is 0 Å². The second kappa shape index (κ2) is 10.2. The number of hydrogen-bond donors (Lipinski definition) is 3. The van der Waals surface area contributed by atoms with E-state index in [1.807, 2.05) is 13.0 Å². The molecule has 3 N–H and O–H groups in total. The smallest absolute Gasteiger partial charge is 0.269 e. The summed E-state index contributed by atoms with van der Waals surface area (Å²) in [5.41, 5.74) is 6.87. The maximum atomic E-state index is 12.2. The molecule has 2 rings (SSSR count). The summed E-state index contributed by atoms with van der Waals surface area (Å²) >= 11 is 8.43. The number of aryl methyl sites for hydroxylation is 1. The summed E-state index contributed by atoms with van der Waals surface area (Å²) in [6.07, 6.45) is 0. The molecule has 8 heteroatoms. The van der Waals surface area contributed by atoms with Gasteiger partial charge in [0.15, 0.2) is 5.11 Å². The Morgan fingerprint density at radius 3 is 2.29 bits per heavy atom. The van der Waals surface area contributed by atoms with E-state index in [0.29, 0.717) is 29.4 Å². The third-order valence-corrected chi connectivity index (χ3v) is 4.71. The minimum absolute atomic E-state index is 0.00957. The second-order valence-corrected chi connectivity index (χ2v) is 7.82. The number of rotatable bonds is 5. The van der Waals surface area contributed by atoms with Gasteiger partial charge in [0.25, 0.3) is 11.8 Å². The number of ether oxygens (including phenoxy) is 1. The van der Waals surface area contributed by atoms with Crippen LogP contribution in [0.5, 0.6) is 5.75 Å². The van der Waals surface area contributed by atoms with Gasteiger partial charge < -0.3 is 4.74 Å². The van der Waals surface area contributed by atoms with E-state index < -0.39 is 0 Å². The number of carbonyl (C=O) groups excluding carboxylic acids is 2. The van der Waals surface area contributed by atoms with Gasteiger partial charge in [-0.1, -0.05) is 35.8 Å². The van der Waals surface area contributed by atoms with E-state index in [2.05, 4.69) is 45.9 Å². The molecule has 6 nitrogen and oxygen atoms in total. The van der Waals surface area contributed by atoms with E-state index in [-0.39, 0.29) is 16.9 Å². The monoisotopic (exact) mass is 463 g/mol.